The first-order valence-corrected chi connectivity index (χ1v) is 10.9. The molecule has 2 N–H and O–H groups in total. The van der Waals surface area contributed by atoms with Gasteiger partial charge in [0, 0.05) is 23.7 Å². The zero-order valence-corrected chi connectivity index (χ0v) is 19.8. The summed E-state index contributed by atoms with van der Waals surface area (Å²) in [4.78, 5) is 26.8. The minimum absolute atomic E-state index is 0.0996. The molecule has 1 aromatic heterocycles. The summed E-state index contributed by atoms with van der Waals surface area (Å²) in [5.74, 6) is -0.439. The predicted octanol–water partition coefficient (Wildman–Crippen LogP) is 5.45. The molecule has 0 saturated carbocycles. The number of anilines is 2. The van der Waals surface area contributed by atoms with Crippen molar-refractivity contribution in [1.29, 1.82) is 0 Å². The van der Waals surface area contributed by atoms with Gasteiger partial charge in [-0.05, 0) is 37.3 Å². The Morgan fingerprint density at radius 3 is 2.39 bits per heavy atom. The summed E-state index contributed by atoms with van der Waals surface area (Å²) in [6.07, 6.45) is 0. The standard InChI is InChI=1S/C24H27ClFN5O2/c1-5-30(23(33)27-16-11-12-19(26)18(25)13-16)15-22(32)28-21-14-20(24(2,3)4)29-31(21)17-9-7-6-8-10-17/h6-14H,5,15H2,1-4H3,(H,27,33)(H,28,32). The van der Waals surface area contributed by atoms with Crippen LogP contribution in [0.15, 0.2) is 54.6 Å². The Labute approximate surface area is 197 Å². The Bertz CT molecular complexity index is 1140. The molecule has 9 heteroatoms. The molecular formula is C24H27ClFN5O2. The van der Waals surface area contributed by atoms with E-state index in [4.69, 9.17) is 11.6 Å². The molecule has 0 aliphatic carbocycles. The number of para-hydroxylation sites is 1. The Morgan fingerprint density at radius 2 is 1.79 bits per heavy atom. The molecule has 0 atom stereocenters. The van der Waals surface area contributed by atoms with Gasteiger partial charge in [0.2, 0.25) is 5.91 Å². The lowest BCUT2D eigenvalue weighted by Gasteiger charge is -2.21. The van der Waals surface area contributed by atoms with Crippen molar-refractivity contribution in [3.63, 3.8) is 0 Å². The van der Waals surface area contributed by atoms with E-state index in [-0.39, 0.29) is 22.9 Å². The Balaban J connectivity index is 1.75. The summed E-state index contributed by atoms with van der Waals surface area (Å²) >= 11 is 5.77. The van der Waals surface area contributed by atoms with Crippen molar-refractivity contribution in [2.24, 2.45) is 0 Å². The van der Waals surface area contributed by atoms with Crippen molar-refractivity contribution in [2.75, 3.05) is 23.7 Å². The number of hydrogen-bond donors (Lipinski definition) is 2. The number of amides is 3. The largest absolute Gasteiger partial charge is 0.322 e. The third-order valence-electron chi connectivity index (χ3n) is 4.92. The smallest absolute Gasteiger partial charge is 0.315 e. The number of rotatable bonds is 6. The lowest BCUT2D eigenvalue weighted by Crippen LogP contribution is -2.40. The molecule has 0 unspecified atom stereocenters. The van der Waals surface area contributed by atoms with Gasteiger partial charge in [-0.1, -0.05) is 50.6 Å². The minimum Gasteiger partial charge on any atom is -0.315 e. The van der Waals surface area contributed by atoms with Crippen LogP contribution in [0.25, 0.3) is 5.69 Å². The summed E-state index contributed by atoms with van der Waals surface area (Å²) in [7, 11) is 0. The van der Waals surface area contributed by atoms with Crippen molar-refractivity contribution in [3.8, 4) is 5.69 Å². The van der Waals surface area contributed by atoms with Gasteiger partial charge < -0.3 is 15.5 Å². The quantitative estimate of drug-likeness (QED) is 0.501. The summed E-state index contributed by atoms with van der Waals surface area (Å²) < 4.78 is 15.0. The monoisotopic (exact) mass is 471 g/mol. The van der Waals surface area contributed by atoms with E-state index in [9.17, 15) is 14.0 Å². The molecule has 174 valence electrons. The van der Waals surface area contributed by atoms with Gasteiger partial charge in [-0.3, -0.25) is 4.79 Å². The normalized spacial score (nSPS) is 11.2. The molecule has 0 radical (unpaired) electrons. The van der Waals surface area contributed by atoms with Gasteiger partial charge in [0.1, 0.15) is 18.2 Å². The first kappa shape index (κ1) is 24.3. The third-order valence-corrected chi connectivity index (χ3v) is 5.21. The average molecular weight is 472 g/mol. The van der Waals surface area contributed by atoms with Crippen LogP contribution in [0.4, 0.5) is 20.7 Å². The van der Waals surface area contributed by atoms with E-state index < -0.39 is 11.8 Å². The fourth-order valence-electron chi connectivity index (χ4n) is 3.06. The van der Waals surface area contributed by atoms with Crippen molar-refractivity contribution in [1.82, 2.24) is 14.7 Å². The number of halogens is 2. The van der Waals surface area contributed by atoms with Crippen molar-refractivity contribution in [2.45, 2.75) is 33.1 Å². The number of benzene rings is 2. The highest BCUT2D eigenvalue weighted by Crippen LogP contribution is 2.26. The van der Waals surface area contributed by atoms with E-state index in [0.29, 0.717) is 18.1 Å². The molecule has 3 aromatic rings. The van der Waals surface area contributed by atoms with E-state index in [1.165, 1.54) is 23.1 Å². The number of nitrogens with zero attached hydrogens (tertiary/aromatic N) is 3. The number of likely N-dealkylation sites (N-methyl/N-ethyl adjacent to an activating group) is 1. The summed E-state index contributed by atoms with van der Waals surface area (Å²) in [5, 5.41) is 10.1. The van der Waals surface area contributed by atoms with Gasteiger partial charge in [-0.25, -0.2) is 13.9 Å². The van der Waals surface area contributed by atoms with Gasteiger partial charge >= 0.3 is 6.03 Å². The van der Waals surface area contributed by atoms with Crippen LogP contribution in [0.3, 0.4) is 0 Å². The lowest BCUT2D eigenvalue weighted by atomic mass is 9.92. The Kier molecular flexibility index (Phi) is 7.38. The Morgan fingerprint density at radius 1 is 1.09 bits per heavy atom. The highest BCUT2D eigenvalue weighted by Gasteiger charge is 2.23. The van der Waals surface area contributed by atoms with Crippen LogP contribution in [0, 0.1) is 5.82 Å². The zero-order chi connectivity index (χ0) is 24.2. The molecular weight excluding hydrogens is 445 g/mol. The van der Waals surface area contributed by atoms with E-state index >= 15 is 0 Å². The fraction of sp³-hybridized carbons (Fsp3) is 0.292. The minimum atomic E-state index is -0.578. The molecule has 1 heterocycles. The topological polar surface area (TPSA) is 79.3 Å². The molecule has 0 aliphatic heterocycles. The van der Waals surface area contributed by atoms with Gasteiger partial charge in [-0.15, -0.1) is 0 Å². The van der Waals surface area contributed by atoms with Crippen LogP contribution in [0.1, 0.15) is 33.4 Å². The highest BCUT2D eigenvalue weighted by atomic mass is 35.5. The molecule has 0 bridgehead atoms. The lowest BCUT2D eigenvalue weighted by molar-refractivity contribution is -0.116. The van der Waals surface area contributed by atoms with E-state index in [1.54, 1.807) is 11.6 Å². The average Bonchev–Trinajstić information content (AvgIpc) is 3.19. The van der Waals surface area contributed by atoms with Gasteiger partial charge in [0.15, 0.2) is 0 Å². The molecule has 33 heavy (non-hydrogen) atoms. The SMILES string of the molecule is CCN(CC(=O)Nc1cc(C(C)(C)C)nn1-c1ccccc1)C(=O)Nc1ccc(F)c(Cl)c1. The van der Waals surface area contributed by atoms with Gasteiger partial charge in [0.05, 0.1) is 16.4 Å². The molecule has 3 amide bonds. The van der Waals surface area contributed by atoms with E-state index in [2.05, 4.69) is 15.7 Å². The first-order chi connectivity index (χ1) is 15.6. The second-order valence-electron chi connectivity index (χ2n) is 8.53. The number of nitrogens with one attached hydrogen (secondary N) is 2. The molecule has 0 saturated heterocycles. The second-order valence-corrected chi connectivity index (χ2v) is 8.94. The molecule has 3 rings (SSSR count). The zero-order valence-electron chi connectivity index (χ0n) is 19.0. The first-order valence-electron chi connectivity index (χ1n) is 10.5. The second kappa shape index (κ2) is 10.0. The summed E-state index contributed by atoms with van der Waals surface area (Å²) in [6, 6.07) is 14.7. The van der Waals surface area contributed by atoms with Crippen LogP contribution < -0.4 is 10.6 Å². The van der Waals surface area contributed by atoms with Crippen molar-refractivity contribution >= 4 is 35.0 Å². The third kappa shape index (κ3) is 6.10. The predicted molar refractivity (Wildman–Crippen MR) is 129 cm³/mol. The van der Waals surface area contributed by atoms with E-state index in [1.807, 2.05) is 57.2 Å². The van der Waals surface area contributed by atoms with E-state index in [0.717, 1.165) is 11.4 Å². The number of aromatic nitrogens is 2. The number of carbonyl (C=O) groups excluding carboxylic acids is 2. The molecule has 0 spiro atoms. The number of carbonyl (C=O) groups is 2. The van der Waals surface area contributed by atoms with Gasteiger partial charge in [-0.2, -0.15) is 5.10 Å². The maximum Gasteiger partial charge on any atom is 0.322 e. The number of hydrogen-bond acceptors (Lipinski definition) is 3. The molecule has 0 fully saturated rings. The van der Waals surface area contributed by atoms with Crippen LogP contribution in [0.5, 0.6) is 0 Å². The summed E-state index contributed by atoms with van der Waals surface area (Å²) in [6.45, 7) is 8.00. The van der Waals surface area contributed by atoms with Crippen molar-refractivity contribution in [3.05, 3.63) is 71.1 Å². The maximum atomic E-state index is 13.4. The van der Waals surface area contributed by atoms with Gasteiger partial charge in [0.25, 0.3) is 0 Å². The fourth-order valence-corrected chi connectivity index (χ4v) is 3.24. The molecule has 2 aromatic carbocycles. The Hall–Kier alpha value is -3.39. The van der Waals surface area contributed by atoms with Crippen molar-refractivity contribution < 1.29 is 14.0 Å². The van der Waals surface area contributed by atoms with Crippen LogP contribution in [-0.4, -0.2) is 39.7 Å². The summed E-state index contributed by atoms with van der Waals surface area (Å²) in [5.41, 5.74) is 1.74. The van der Waals surface area contributed by atoms with Crippen LogP contribution >= 0.6 is 11.6 Å². The maximum absolute atomic E-state index is 13.4. The van der Waals surface area contributed by atoms with Crippen LogP contribution in [0.2, 0.25) is 5.02 Å². The molecule has 7 nitrogen and oxygen atoms in total. The highest BCUT2D eigenvalue weighted by molar-refractivity contribution is 6.31. The van der Waals surface area contributed by atoms with Crippen LogP contribution in [-0.2, 0) is 10.2 Å². The number of urea groups is 1. The molecule has 0 aliphatic rings.